The summed E-state index contributed by atoms with van der Waals surface area (Å²) in [6.45, 7) is 6.33. The average molecular weight is 608 g/mol. The van der Waals surface area contributed by atoms with Gasteiger partial charge in [-0.3, -0.25) is 4.90 Å². The second-order valence-electron chi connectivity index (χ2n) is 11.6. The molecule has 1 aliphatic rings. The number of ether oxygens (including phenoxy) is 1. The minimum Gasteiger partial charge on any atom is -0.508 e. The highest BCUT2D eigenvalue weighted by Gasteiger charge is 2.40. The number of hydroxylamine groups is 2. The zero-order valence-corrected chi connectivity index (χ0v) is 24.4. The third-order valence-corrected chi connectivity index (χ3v) is 7.07. The van der Waals surface area contributed by atoms with Gasteiger partial charge < -0.3 is 25.0 Å². The van der Waals surface area contributed by atoms with Crippen molar-refractivity contribution in [3.63, 3.8) is 0 Å². The van der Waals surface area contributed by atoms with Gasteiger partial charge in [0.1, 0.15) is 24.1 Å². The number of nitrogens with two attached hydrogens (primary N) is 1. The normalized spacial score (nSPS) is 15.7. The molecule has 1 amide bonds. The van der Waals surface area contributed by atoms with Crippen molar-refractivity contribution in [1.29, 1.82) is 0 Å². The third-order valence-electron chi connectivity index (χ3n) is 7.07. The van der Waals surface area contributed by atoms with Crippen LogP contribution >= 0.6 is 0 Å². The fourth-order valence-electron chi connectivity index (χ4n) is 5.00. The van der Waals surface area contributed by atoms with Gasteiger partial charge >= 0.3 is 6.09 Å². The lowest BCUT2D eigenvalue weighted by Crippen LogP contribution is -2.48. The monoisotopic (exact) mass is 607 g/mol. The van der Waals surface area contributed by atoms with Crippen molar-refractivity contribution >= 4 is 6.09 Å². The van der Waals surface area contributed by atoms with Gasteiger partial charge in [-0.15, -0.1) is 5.06 Å². The molecular weight excluding hydrogens is 570 g/mol. The molecule has 3 N–H and O–H groups in total. The molecule has 1 saturated heterocycles. The fraction of sp³-hybridized carbons (Fsp3) is 0.467. The van der Waals surface area contributed by atoms with Crippen LogP contribution < -0.4 is 5.73 Å². The molecule has 0 unspecified atom stereocenters. The van der Waals surface area contributed by atoms with Crippen molar-refractivity contribution in [1.82, 2.24) is 19.5 Å². The number of alkyl halides is 1. The average Bonchev–Trinajstić information content (AvgIpc) is 3.34. The number of hydrogen-bond donors (Lipinski definition) is 2. The molecule has 2 heterocycles. The highest BCUT2D eigenvalue weighted by atomic mass is 19.2. The predicted octanol–water partition coefficient (Wildman–Crippen LogP) is 5.18. The SMILES string of the molecule is CC(C)(C)[C@H](c1nc(-c2cc(F)cc(F)c2F)cn1Cc1cccc(O)c1)N(CC[C@H](N)CF)C(=O)ON1CCOCC1. The summed E-state index contributed by atoms with van der Waals surface area (Å²) in [4.78, 5) is 25.5. The van der Waals surface area contributed by atoms with E-state index in [1.165, 1.54) is 28.3 Å². The van der Waals surface area contributed by atoms with Crippen LogP contribution in [-0.2, 0) is 16.1 Å². The summed E-state index contributed by atoms with van der Waals surface area (Å²) in [5, 5.41) is 11.5. The number of phenolic OH excluding ortho intramolecular Hbond substituents is 1. The van der Waals surface area contributed by atoms with Gasteiger partial charge in [0.2, 0.25) is 0 Å². The summed E-state index contributed by atoms with van der Waals surface area (Å²) in [6, 6.07) is 6.02. The lowest BCUT2D eigenvalue weighted by molar-refractivity contribution is -0.158. The van der Waals surface area contributed by atoms with Crippen molar-refractivity contribution < 1.29 is 37.0 Å². The molecule has 3 aromatic rings. The largest absolute Gasteiger partial charge is 0.508 e. The number of morpholine rings is 1. The van der Waals surface area contributed by atoms with Gasteiger partial charge in [0.15, 0.2) is 11.6 Å². The van der Waals surface area contributed by atoms with E-state index in [1.807, 2.05) is 20.8 Å². The summed E-state index contributed by atoms with van der Waals surface area (Å²) in [5.41, 5.74) is 5.32. The number of aromatic hydroxyl groups is 1. The van der Waals surface area contributed by atoms with Crippen LogP contribution in [0.1, 0.15) is 44.6 Å². The van der Waals surface area contributed by atoms with Crippen molar-refractivity contribution in [2.75, 3.05) is 39.5 Å². The second-order valence-corrected chi connectivity index (χ2v) is 11.6. The Hall–Kier alpha value is -3.68. The molecule has 0 spiro atoms. The van der Waals surface area contributed by atoms with E-state index in [0.717, 1.165) is 6.07 Å². The number of imidazole rings is 1. The molecule has 2 atom stereocenters. The number of aromatic nitrogens is 2. The Morgan fingerprint density at radius 2 is 1.91 bits per heavy atom. The van der Waals surface area contributed by atoms with Gasteiger partial charge in [0.25, 0.3) is 0 Å². The van der Waals surface area contributed by atoms with Crippen LogP contribution in [0.3, 0.4) is 0 Å². The molecule has 1 aliphatic heterocycles. The fourth-order valence-corrected chi connectivity index (χ4v) is 5.00. The number of carbonyl (C=O) groups is 1. The Labute approximate surface area is 247 Å². The number of carbonyl (C=O) groups excluding carboxylic acids is 1. The van der Waals surface area contributed by atoms with Crippen molar-refractivity contribution in [2.24, 2.45) is 11.1 Å². The topological polar surface area (TPSA) is 106 Å². The van der Waals surface area contributed by atoms with Gasteiger partial charge in [-0.05, 0) is 35.6 Å². The highest BCUT2D eigenvalue weighted by molar-refractivity contribution is 5.68. The van der Waals surface area contributed by atoms with Crippen molar-refractivity contribution in [3.05, 3.63) is 71.4 Å². The molecule has 13 heteroatoms. The molecule has 0 aliphatic carbocycles. The molecule has 234 valence electrons. The maximum Gasteiger partial charge on any atom is 0.429 e. The van der Waals surface area contributed by atoms with E-state index in [1.54, 1.807) is 16.7 Å². The minimum absolute atomic E-state index is 0.00648. The van der Waals surface area contributed by atoms with Gasteiger partial charge in [0, 0.05) is 37.0 Å². The summed E-state index contributed by atoms with van der Waals surface area (Å²) in [5.74, 6) is -3.37. The van der Waals surface area contributed by atoms with Crippen LogP contribution in [0.5, 0.6) is 5.75 Å². The smallest absolute Gasteiger partial charge is 0.429 e. The van der Waals surface area contributed by atoms with Crippen LogP contribution in [0.4, 0.5) is 22.4 Å². The molecule has 4 rings (SSSR count). The van der Waals surface area contributed by atoms with E-state index in [-0.39, 0.29) is 36.8 Å². The Morgan fingerprint density at radius 3 is 2.56 bits per heavy atom. The summed E-state index contributed by atoms with van der Waals surface area (Å²) < 4.78 is 63.7. The number of phenols is 1. The van der Waals surface area contributed by atoms with E-state index in [2.05, 4.69) is 4.98 Å². The molecule has 1 aromatic heterocycles. The number of nitrogens with zero attached hydrogens (tertiary/aromatic N) is 4. The minimum atomic E-state index is -1.37. The van der Waals surface area contributed by atoms with Crippen LogP contribution in [-0.4, -0.2) is 76.3 Å². The second kappa shape index (κ2) is 13.7. The van der Waals surface area contributed by atoms with E-state index in [9.17, 15) is 27.5 Å². The lowest BCUT2D eigenvalue weighted by atomic mass is 9.84. The number of benzene rings is 2. The number of rotatable bonds is 10. The summed E-state index contributed by atoms with van der Waals surface area (Å²) >= 11 is 0. The van der Waals surface area contributed by atoms with Crippen LogP contribution in [0.25, 0.3) is 11.3 Å². The summed E-state index contributed by atoms with van der Waals surface area (Å²) in [6.07, 6.45) is 0.809. The molecule has 1 fully saturated rings. The molecule has 2 aromatic carbocycles. The van der Waals surface area contributed by atoms with Crippen molar-refractivity contribution in [2.45, 2.75) is 45.8 Å². The highest BCUT2D eigenvalue weighted by Crippen LogP contribution is 2.40. The molecular formula is C30H37F4N5O4. The Balaban J connectivity index is 1.85. The zero-order valence-electron chi connectivity index (χ0n) is 24.4. The first-order chi connectivity index (χ1) is 20.4. The zero-order chi connectivity index (χ0) is 31.3. The van der Waals surface area contributed by atoms with Crippen LogP contribution in [0.2, 0.25) is 0 Å². The number of amides is 1. The van der Waals surface area contributed by atoms with Gasteiger partial charge in [-0.25, -0.2) is 27.3 Å². The van der Waals surface area contributed by atoms with Crippen LogP contribution in [0, 0.1) is 22.9 Å². The van der Waals surface area contributed by atoms with Gasteiger partial charge in [-0.2, -0.15) is 0 Å². The first-order valence-electron chi connectivity index (χ1n) is 14.0. The Morgan fingerprint density at radius 1 is 1.19 bits per heavy atom. The standard InChI is InChI=1S/C30H37F4N5O4/c1-30(2,3)27(39(8-7-21(35)16-31)29(41)43-38-9-11-42-12-10-38)28-36-25(23-14-20(32)15-24(33)26(23)34)18-37(28)17-19-5-4-6-22(40)13-19/h4-6,13-15,18,21,27,40H,7-12,16-17,35H2,1-3H3/t21-,27-/m0/s1. The first-order valence-corrected chi connectivity index (χ1v) is 14.0. The van der Waals surface area contributed by atoms with E-state index in [0.29, 0.717) is 37.9 Å². The van der Waals surface area contributed by atoms with E-state index >= 15 is 0 Å². The Bertz CT molecular complexity index is 1410. The molecule has 0 bridgehead atoms. The maximum atomic E-state index is 14.9. The molecule has 0 saturated carbocycles. The number of hydrogen-bond acceptors (Lipinski definition) is 7. The quantitative estimate of drug-likeness (QED) is 0.242. The predicted molar refractivity (Wildman–Crippen MR) is 151 cm³/mol. The maximum absolute atomic E-state index is 14.9. The summed E-state index contributed by atoms with van der Waals surface area (Å²) in [7, 11) is 0. The van der Waals surface area contributed by atoms with Gasteiger partial charge in [-0.1, -0.05) is 32.9 Å². The molecule has 43 heavy (non-hydrogen) atoms. The lowest BCUT2D eigenvalue weighted by Gasteiger charge is -2.40. The third kappa shape index (κ3) is 8.03. The van der Waals surface area contributed by atoms with E-state index in [4.69, 9.17) is 15.3 Å². The molecule has 0 radical (unpaired) electrons. The molecule has 9 nitrogen and oxygen atoms in total. The number of halogens is 4. The first kappa shape index (κ1) is 32.2. The van der Waals surface area contributed by atoms with Crippen LogP contribution in [0.15, 0.2) is 42.6 Å². The Kier molecular flexibility index (Phi) is 10.3. The van der Waals surface area contributed by atoms with Crippen molar-refractivity contribution in [3.8, 4) is 17.0 Å². The van der Waals surface area contributed by atoms with Gasteiger partial charge in [0.05, 0.1) is 38.0 Å². The van der Waals surface area contributed by atoms with E-state index < -0.39 is 53.3 Å².